The van der Waals surface area contributed by atoms with Gasteiger partial charge in [-0.15, -0.1) is 0 Å². The highest BCUT2D eigenvalue weighted by atomic mass is 16.5. The molecule has 1 aromatic rings. The van der Waals surface area contributed by atoms with Crippen LogP contribution in [-0.2, 0) is 10.2 Å². The first-order valence-electron chi connectivity index (χ1n) is 7.71. The van der Waals surface area contributed by atoms with Crippen LogP contribution >= 0.6 is 0 Å². The number of hydrogen-bond donors (Lipinski definition) is 1. The van der Waals surface area contributed by atoms with Crippen molar-refractivity contribution in [1.29, 1.82) is 0 Å². The van der Waals surface area contributed by atoms with E-state index >= 15 is 0 Å². The molecule has 0 bridgehead atoms. The third-order valence-electron chi connectivity index (χ3n) is 3.72. The van der Waals surface area contributed by atoms with Crippen LogP contribution in [0.15, 0.2) is 24.3 Å². The van der Waals surface area contributed by atoms with Crippen LogP contribution in [0.3, 0.4) is 0 Å². The summed E-state index contributed by atoms with van der Waals surface area (Å²) in [6, 6.07) is 9.49. The van der Waals surface area contributed by atoms with E-state index in [4.69, 9.17) is 4.74 Å². The van der Waals surface area contributed by atoms with E-state index < -0.39 is 0 Å². The maximum Gasteiger partial charge on any atom is 0.0488 e. The van der Waals surface area contributed by atoms with E-state index in [9.17, 15) is 0 Å². The molecule has 2 unspecified atom stereocenters. The molecule has 0 aromatic heterocycles. The van der Waals surface area contributed by atoms with Gasteiger partial charge in [-0.2, -0.15) is 0 Å². The highest BCUT2D eigenvalue weighted by molar-refractivity contribution is 5.29. The maximum absolute atomic E-state index is 5.25. The Balaban J connectivity index is 2.81. The molecular formula is C18H31NO. The summed E-state index contributed by atoms with van der Waals surface area (Å²) in [4.78, 5) is 0. The summed E-state index contributed by atoms with van der Waals surface area (Å²) < 4.78 is 5.25. The number of ether oxygens (including phenoxy) is 1. The largest absolute Gasteiger partial charge is 0.384 e. The van der Waals surface area contributed by atoms with Crippen LogP contribution in [0.2, 0.25) is 0 Å². The summed E-state index contributed by atoms with van der Waals surface area (Å²) in [5, 5.41) is 3.59. The van der Waals surface area contributed by atoms with E-state index in [2.05, 4.69) is 64.2 Å². The number of nitrogens with one attached hydrogen (secondary N) is 1. The van der Waals surface area contributed by atoms with Gasteiger partial charge < -0.3 is 10.1 Å². The molecule has 1 rings (SSSR count). The molecule has 1 N–H and O–H groups in total. The summed E-state index contributed by atoms with van der Waals surface area (Å²) in [5.41, 5.74) is 2.99. The summed E-state index contributed by atoms with van der Waals surface area (Å²) in [7, 11) is 1.77. The number of benzene rings is 1. The SMILES string of the molecule is CCNC(CC(C)COC)c1ccc(C(C)(C)C)cc1. The lowest BCUT2D eigenvalue weighted by molar-refractivity contribution is 0.149. The quantitative estimate of drug-likeness (QED) is 0.802. The Kier molecular flexibility index (Phi) is 6.70. The van der Waals surface area contributed by atoms with E-state index in [-0.39, 0.29) is 5.41 Å². The normalized spacial score (nSPS) is 15.1. The molecule has 2 nitrogen and oxygen atoms in total. The summed E-state index contributed by atoms with van der Waals surface area (Å²) in [6.45, 7) is 13.0. The molecule has 0 heterocycles. The van der Waals surface area contributed by atoms with Gasteiger partial charge in [-0.1, -0.05) is 58.9 Å². The van der Waals surface area contributed by atoms with Crippen LogP contribution in [0.4, 0.5) is 0 Å². The average molecular weight is 277 g/mol. The Labute approximate surface area is 124 Å². The Morgan fingerprint density at radius 2 is 1.75 bits per heavy atom. The second-order valence-electron chi connectivity index (χ2n) is 6.78. The van der Waals surface area contributed by atoms with Crippen molar-refractivity contribution in [2.24, 2.45) is 5.92 Å². The van der Waals surface area contributed by atoms with Gasteiger partial charge in [0.25, 0.3) is 0 Å². The van der Waals surface area contributed by atoms with Crippen molar-refractivity contribution in [3.05, 3.63) is 35.4 Å². The fourth-order valence-corrected chi connectivity index (χ4v) is 2.55. The Bertz CT molecular complexity index is 377. The molecular weight excluding hydrogens is 246 g/mol. The van der Waals surface area contributed by atoms with Gasteiger partial charge in [0.1, 0.15) is 0 Å². The standard InChI is InChI=1S/C18H31NO/c1-7-19-17(12-14(2)13-20-6)15-8-10-16(11-9-15)18(3,4)5/h8-11,14,17,19H,7,12-13H2,1-6H3. The summed E-state index contributed by atoms with van der Waals surface area (Å²) in [6.07, 6.45) is 1.11. The molecule has 0 saturated heterocycles. The van der Waals surface area contributed by atoms with E-state index in [0.717, 1.165) is 19.6 Å². The molecule has 0 aliphatic rings. The lowest BCUT2D eigenvalue weighted by atomic mass is 9.85. The van der Waals surface area contributed by atoms with Crippen LogP contribution in [0.1, 0.15) is 58.2 Å². The molecule has 0 radical (unpaired) electrons. The van der Waals surface area contributed by atoms with Crippen molar-refractivity contribution in [3.63, 3.8) is 0 Å². The highest BCUT2D eigenvalue weighted by Gasteiger charge is 2.17. The lowest BCUT2D eigenvalue weighted by Crippen LogP contribution is -2.24. The third-order valence-corrected chi connectivity index (χ3v) is 3.72. The topological polar surface area (TPSA) is 21.3 Å². The maximum atomic E-state index is 5.25. The van der Waals surface area contributed by atoms with Gasteiger partial charge in [0.2, 0.25) is 0 Å². The minimum absolute atomic E-state index is 0.218. The van der Waals surface area contributed by atoms with Crippen LogP contribution in [0, 0.1) is 5.92 Å². The molecule has 114 valence electrons. The number of hydrogen-bond acceptors (Lipinski definition) is 2. The van der Waals surface area contributed by atoms with Crippen LogP contribution in [-0.4, -0.2) is 20.3 Å². The predicted octanol–water partition coefficient (Wildman–Crippen LogP) is 4.31. The van der Waals surface area contributed by atoms with Crippen LogP contribution in [0.5, 0.6) is 0 Å². The lowest BCUT2D eigenvalue weighted by Gasteiger charge is -2.24. The molecule has 1 aromatic carbocycles. The van der Waals surface area contributed by atoms with E-state index in [1.807, 2.05) is 0 Å². The zero-order valence-electron chi connectivity index (χ0n) is 14.0. The summed E-state index contributed by atoms with van der Waals surface area (Å²) >= 11 is 0. The van der Waals surface area contributed by atoms with Gasteiger partial charge in [0, 0.05) is 19.8 Å². The number of rotatable bonds is 7. The van der Waals surface area contributed by atoms with Gasteiger partial charge in [-0.05, 0) is 35.4 Å². The zero-order chi connectivity index (χ0) is 15.2. The van der Waals surface area contributed by atoms with Crippen molar-refractivity contribution in [2.75, 3.05) is 20.3 Å². The molecule has 0 aliphatic heterocycles. The van der Waals surface area contributed by atoms with Crippen molar-refractivity contribution in [3.8, 4) is 0 Å². The fraction of sp³-hybridized carbons (Fsp3) is 0.667. The minimum Gasteiger partial charge on any atom is -0.384 e. The predicted molar refractivity (Wildman–Crippen MR) is 87.2 cm³/mol. The molecule has 2 heteroatoms. The first-order valence-corrected chi connectivity index (χ1v) is 7.71. The third kappa shape index (κ3) is 5.26. The Morgan fingerprint density at radius 1 is 1.15 bits per heavy atom. The van der Waals surface area contributed by atoms with Gasteiger partial charge in [0.15, 0.2) is 0 Å². The first kappa shape index (κ1) is 17.2. The highest BCUT2D eigenvalue weighted by Crippen LogP contribution is 2.26. The second-order valence-corrected chi connectivity index (χ2v) is 6.78. The van der Waals surface area contributed by atoms with Crippen LogP contribution < -0.4 is 5.32 Å². The molecule has 2 atom stereocenters. The van der Waals surface area contributed by atoms with Crippen molar-refractivity contribution in [2.45, 2.75) is 52.5 Å². The van der Waals surface area contributed by atoms with E-state index in [1.54, 1.807) is 7.11 Å². The zero-order valence-corrected chi connectivity index (χ0v) is 14.0. The van der Waals surface area contributed by atoms with Crippen molar-refractivity contribution < 1.29 is 4.74 Å². The molecule has 0 fully saturated rings. The van der Waals surface area contributed by atoms with Gasteiger partial charge >= 0.3 is 0 Å². The van der Waals surface area contributed by atoms with Gasteiger partial charge in [0.05, 0.1) is 0 Å². The smallest absolute Gasteiger partial charge is 0.0488 e. The average Bonchev–Trinajstić information content (AvgIpc) is 2.38. The Hall–Kier alpha value is -0.860. The Morgan fingerprint density at radius 3 is 2.20 bits per heavy atom. The minimum atomic E-state index is 0.218. The first-order chi connectivity index (χ1) is 9.38. The fourth-order valence-electron chi connectivity index (χ4n) is 2.55. The van der Waals surface area contributed by atoms with Crippen molar-refractivity contribution in [1.82, 2.24) is 5.32 Å². The van der Waals surface area contributed by atoms with E-state index in [0.29, 0.717) is 12.0 Å². The summed E-state index contributed by atoms with van der Waals surface area (Å²) in [5.74, 6) is 0.561. The number of methoxy groups -OCH3 is 1. The van der Waals surface area contributed by atoms with Gasteiger partial charge in [-0.25, -0.2) is 0 Å². The molecule has 20 heavy (non-hydrogen) atoms. The van der Waals surface area contributed by atoms with Crippen LogP contribution in [0.25, 0.3) is 0 Å². The molecule has 0 amide bonds. The van der Waals surface area contributed by atoms with Crippen molar-refractivity contribution >= 4 is 0 Å². The molecule has 0 spiro atoms. The second kappa shape index (κ2) is 7.80. The molecule has 0 aliphatic carbocycles. The monoisotopic (exact) mass is 277 g/mol. The van der Waals surface area contributed by atoms with E-state index in [1.165, 1.54) is 11.1 Å². The molecule has 0 saturated carbocycles. The van der Waals surface area contributed by atoms with Gasteiger partial charge in [-0.3, -0.25) is 0 Å².